The van der Waals surface area contributed by atoms with Crippen LogP contribution in [0.15, 0.2) is 0 Å². The molecule has 3 N–H and O–H groups in total. The maximum Gasteiger partial charge on any atom is 0.214 e. The minimum absolute atomic E-state index is 0.107. The summed E-state index contributed by atoms with van der Waals surface area (Å²) in [5, 5.41) is 0. The van der Waals surface area contributed by atoms with Crippen molar-refractivity contribution in [1.82, 2.24) is 4.72 Å². The van der Waals surface area contributed by atoms with Crippen molar-refractivity contribution >= 4 is 10.0 Å². The number of hydrogen-bond acceptors (Lipinski definition) is 4. The molecule has 0 spiro atoms. The zero-order chi connectivity index (χ0) is 12.6. The standard InChI is InChI=1S/C11H24N2O3S/c12-7-3-1-2-4-8-13-17(14,15)10-11-6-5-9-16-11/h11,13H,1-10,12H2. The molecule has 1 aliphatic rings. The Hall–Kier alpha value is -0.170. The molecule has 0 aromatic heterocycles. The van der Waals surface area contributed by atoms with Crippen LogP contribution in [0.25, 0.3) is 0 Å². The topological polar surface area (TPSA) is 81.4 Å². The van der Waals surface area contributed by atoms with E-state index in [1.165, 1.54) is 0 Å². The maximum absolute atomic E-state index is 11.7. The summed E-state index contributed by atoms with van der Waals surface area (Å²) in [6, 6.07) is 0. The Morgan fingerprint density at radius 2 is 2.00 bits per heavy atom. The van der Waals surface area contributed by atoms with Gasteiger partial charge in [-0.25, -0.2) is 13.1 Å². The summed E-state index contributed by atoms with van der Waals surface area (Å²) in [4.78, 5) is 0. The van der Waals surface area contributed by atoms with Gasteiger partial charge in [0.15, 0.2) is 0 Å². The third-order valence-electron chi connectivity index (χ3n) is 2.88. The summed E-state index contributed by atoms with van der Waals surface area (Å²) in [6.45, 7) is 1.93. The first-order chi connectivity index (χ1) is 8.14. The molecule has 0 aromatic rings. The third kappa shape index (κ3) is 6.98. The average Bonchev–Trinajstić information content (AvgIpc) is 2.75. The second kappa shape index (κ2) is 8.02. The minimum atomic E-state index is -3.16. The molecule has 0 bridgehead atoms. The summed E-state index contributed by atoms with van der Waals surface area (Å²) in [6.07, 6.45) is 5.72. The molecule has 6 heteroatoms. The van der Waals surface area contributed by atoms with Crippen LogP contribution in [0, 0.1) is 0 Å². The molecule has 0 aromatic carbocycles. The van der Waals surface area contributed by atoms with Crippen LogP contribution in [0.5, 0.6) is 0 Å². The number of ether oxygens (including phenoxy) is 1. The average molecular weight is 264 g/mol. The Morgan fingerprint density at radius 3 is 2.65 bits per heavy atom. The van der Waals surface area contributed by atoms with E-state index in [2.05, 4.69) is 4.72 Å². The first kappa shape index (κ1) is 14.9. The van der Waals surface area contributed by atoms with E-state index in [4.69, 9.17) is 10.5 Å². The van der Waals surface area contributed by atoms with Crippen molar-refractivity contribution in [1.29, 1.82) is 0 Å². The lowest BCUT2D eigenvalue weighted by atomic mass is 10.2. The molecule has 0 aliphatic carbocycles. The van der Waals surface area contributed by atoms with Crippen molar-refractivity contribution in [2.24, 2.45) is 5.73 Å². The van der Waals surface area contributed by atoms with E-state index < -0.39 is 10.0 Å². The molecule has 1 fully saturated rings. The fourth-order valence-electron chi connectivity index (χ4n) is 1.93. The Bertz CT molecular complexity index is 287. The largest absolute Gasteiger partial charge is 0.377 e. The second-order valence-electron chi connectivity index (χ2n) is 4.51. The summed E-state index contributed by atoms with van der Waals surface area (Å²) in [7, 11) is -3.16. The molecule has 17 heavy (non-hydrogen) atoms. The van der Waals surface area contributed by atoms with E-state index in [0.717, 1.165) is 38.5 Å². The molecule has 1 aliphatic heterocycles. The highest BCUT2D eigenvalue weighted by Gasteiger charge is 2.22. The van der Waals surface area contributed by atoms with Crippen molar-refractivity contribution in [3.8, 4) is 0 Å². The lowest BCUT2D eigenvalue weighted by Gasteiger charge is -2.11. The van der Waals surface area contributed by atoms with E-state index in [-0.39, 0.29) is 11.9 Å². The van der Waals surface area contributed by atoms with E-state index in [1.54, 1.807) is 0 Å². The minimum Gasteiger partial charge on any atom is -0.377 e. The Balaban J connectivity index is 2.07. The van der Waals surface area contributed by atoms with Gasteiger partial charge in [0.25, 0.3) is 0 Å². The van der Waals surface area contributed by atoms with Crippen molar-refractivity contribution < 1.29 is 13.2 Å². The predicted octanol–water partition coefficient (Wildman–Crippen LogP) is 0.604. The number of nitrogens with two attached hydrogens (primary N) is 1. The molecule has 1 unspecified atom stereocenters. The maximum atomic E-state index is 11.7. The summed E-state index contributed by atoms with van der Waals surface area (Å²) >= 11 is 0. The van der Waals surface area contributed by atoms with E-state index in [1.807, 2.05) is 0 Å². The summed E-state index contributed by atoms with van der Waals surface area (Å²) < 4.78 is 31.3. The molecule has 5 nitrogen and oxygen atoms in total. The quantitative estimate of drug-likeness (QED) is 0.598. The van der Waals surface area contributed by atoms with Gasteiger partial charge in [0, 0.05) is 13.2 Å². The van der Waals surface area contributed by atoms with Crippen LogP contribution in [0.3, 0.4) is 0 Å². The molecule has 0 saturated carbocycles. The number of nitrogens with one attached hydrogen (secondary N) is 1. The van der Waals surface area contributed by atoms with Gasteiger partial charge in [0.2, 0.25) is 10.0 Å². The Kier molecular flexibility index (Phi) is 7.03. The van der Waals surface area contributed by atoms with E-state index >= 15 is 0 Å². The van der Waals surface area contributed by atoms with Gasteiger partial charge in [-0.05, 0) is 32.2 Å². The van der Waals surface area contributed by atoms with Gasteiger partial charge in [-0.2, -0.15) is 0 Å². The highest BCUT2D eigenvalue weighted by Crippen LogP contribution is 2.13. The SMILES string of the molecule is NCCCCCCNS(=O)(=O)CC1CCCO1. The van der Waals surface area contributed by atoms with Crippen LogP contribution >= 0.6 is 0 Å². The van der Waals surface area contributed by atoms with Crippen LogP contribution in [-0.4, -0.2) is 40.0 Å². The van der Waals surface area contributed by atoms with Gasteiger partial charge < -0.3 is 10.5 Å². The first-order valence-corrected chi connectivity index (χ1v) is 8.08. The fourth-order valence-corrected chi connectivity index (χ4v) is 3.26. The van der Waals surface area contributed by atoms with Gasteiger partial charge in [-0.1, -0.05) is 12.8 Å². The molecule has 1 atom stereocenters. The zero-order valence-corrected chi connectivity index (χ0v) is 11.2. The molecular weight excluding hydrogens is 240 g/mol. The molecule has 0 amide bonds. The highest BCUT2D eigenvalue weighted by molar-refractivity contribution is 7.89. The van der Waals surface area contributed by atoms with E-state index in [0.29, 0.717) is 19.7 Å². The summed E-state index contributed by atoms with van der Waals surface area (Å²) in [5.74, 6) is 0.107. The van der Waals surface area contributed by atoms with Crippen molar-refractivity contribution in [3.63, 3.8) is 0 Å². The lowest BCUT2D eigenvalue weighted by Crippen LogP contribution is -2.32. The van der Waals surface area contributed by atoms with E-state index in [9.17, 15) is 8.42 Å². The van der Waals surface area contributed by atoms with Crippen LogP contribution in [0.4, 0.5) is 0 Å². The first-order valence-electron chi connectivity index (χ1n) is 6.43. The Labute approximate surface area is 104 Å². The number of rotatable bonds is 9. The monoisotopic (exact) mass is 264 g/mol. The molecule has 0 radical (unpaired) electrons. The third-order valence-corrected chi connectivity index (χ3v) is 4.34. The van der Waals surface area contributed by atoms with Crippen molar-refractivity contribution in [2.75, 3.05) is 25.4 Å². The number of hydrogen-bond donors (Lipinski definition) is 2. The smallest absolute Gasteiger partial charge is 0.214 e. The Morgan fingerprint density at radius 1 is 1.24 bits per heavy atom. The van der Waals surface area contributed by atoms with Crippen LogP contribution in [0.2, 0.25) is 0 Å². The van der Waals surface area contributed by atoms with Gasteiger partial charge in [-0.15, -0.1) is 0 Å². The van der Waals surface area contributed by atoms with Gasteiger partial charge >= 0.3 is 0 Å². The molecular formula is C11H24N2O3S. The zero-order valence-electron chi connectivity index (χ0n) is 10.4. The second-order valence-corrected chi connectivity index (χ2v) is 6.37. The number of unbranched alkanes of at least 4 members (excludes halogenated alkanes) is 3. The van der Waals surface area contributed by atoms with Crippen LogP contribution in [0.1, 0.15) is 38.5 Å². The molecule has 102 valence electrons. The summed E-state index contributed by atoms with van der Waals surface area (Å²) in [5.41, 5.74) is 5.38. The highest BCUT2D eigenvalue weighted by atomic mass is 32.2. The van der Waals surface area contributed by atoms with Gasteiger partial charge in [-0.3, -0.25) is 0 Å². The van der Waals surface area contributed by atoms with Crippen LogP contribution < -0.4 is 10.5 Å². The molecule has 1 saturated heterocycles. The van der Waals surface area contributed by atoms with Crippen LogP contribution in [-0.2, 0) is 14.8 Å². The van der Waals surface area contributed by atoms with Crippen molar-refractivity contribution in [2.45, 2.75) is 44.6 Å². The predicted molar refractivity (Wildman–Crippen MR) is 68.3 cm³/mol. The van der Waals surface area contributed by atoms with Crippen molar-refractivity contribution in [3.05, 3.63) is 0 Å². The lowest BCUT2D eigenvalue weighted by molar-refractivity contribution is 0.127. The molecule has 1 heterocycles. The van der Waals surface area contributed by atoms with Gasteiger partial charge in [0.1, 0.15) is 0 Å². The van der Waals surface area contributed by atoms with Gasteiger partial charge in [0.05, 0.1) is 11.9 Å². The number of sulfonamides is 1. The molecule has 1 rings (SSSR count). The normalized spacial score (nSPS) is 20.9. The fraction of sp³-hybridized carbons (Fsp3) is 1.00.